The maximum atomic E-state index is 9.51. The van der Waals surface area contributed by atoms with Crippen LogP contribution in [0.3, 0.4) is 0 Å². The number of aromatic hydroxyl groups is 1. The van der Waals surface area contributed by atoms with Crippen LogP contribution in [-0.2, 0) is 0 Å². The molecule has 78 valence electrons. The summed E-state index contributed by atoms with van der Waals surface area (Å²) in [4.78, 5) is 0. The van der Waals surface area contributed by atoms with E-state index in [2.05, 4.69) is 0 Å². The molecule has 0 saturated heterocycles. The molecular weight excluding hydrogens is 180 g/mol. The lowest BCUT2D eigenvalue weighted by atomic mass is 10.1. The lowest BCUT2D eigenvalue weighted by molar-refractivity contribution is 0.233. The number of hydrogen-bond acceptors (Lipinski definition) is 3. The predicted octanol–water partition coefficient (Wildman–Crippen LogP) is 1.77. The smallest absolute Gasteiger partial charge is 0.121 e. The van der Waals surface area contributed by atoms with Gasteiger partial charge < -0.3 is 14.9 Å². The summed E-state index contributed by atoms with van der Waals surface area (Å²) in [6.07, 6.45) is 0.624. The average Bonchev–Trinajstić information content (AvgIpc) is 2.14. The molecule has 0 heterocycles. The monoisotopic (exact) mass is 196 g/mol. The van der Waals surface area contributed by atoms with Crippen molar-refractivity contribution in [1.82, 2.24) is 0 Å². The van der Waals surface area contributed by atoms with Gasteiger partial charge in [-0.3, -0.25) is 0 Å². The standard InChI is InChI=1S/C11H16O3/c1-8-6-10(14-5-3-4-12)7-9(2)11(8)13/h6-7,12-13H,3-5H2,1-2H3. The number of phenols is 1. The third kappa shape index (κ3) is 2.64. The van der Waals surface area contributed by atoms with E-state index in [9.17, 15) is 5.11 Å². The molecular formula is C11H16O3. The van der Waals surface area contributed by atoms with Crippen molar-refractivity contribution in [2.75, 3.05) is 13.2 Å². The Morgan fingerprint density at radius 1 is 1.21 bits per heavy atom. The molecule has 3 nitrogen and oxygen atoms in total. The Morgan fingerprint density at radius 2 is 1.79 bits per heavy atom. The van der Waals surface area contributed by atoms with Gasteiger partial charge in [-0.25, -0.2) is 0 Å². The molecule has 0 unspecified atom stereocenters. The Bertz CT molecular complexity index is 284. The van der Waals surface area contributed by atoms with Crippen LogP contribution in [0.1, 0.15) is 17.5 Å². The van der Waals surface area contributed by atoms with E-state index in [1.165, 1.54) is 0 Å². The molecule has 0 amide bonds. The van der Waals surface area contributed by atoms with Crippen molar-refractivity contribution in [3.63, 3.8) is 0 Å². The first-order chi connectivity index (χ1) is 6.65. The van der Waals surface area contributed by atoms with Crippen molar-refractivity contribution < 1.29 is 14.9 Å². The van der Waals surface area contributed by atoms with Crippen LogP contribution in [0, 0.1) is 13.8 Å². The quantitative estimate of drug-likeness (QED) is 0.721. The minimum Gasteiger partial charge on any atom is -0.507 e. The van der Waals surface area contributed by atoms with Crippen LogP contribution < -0.4 is 4.74 Å². The van der Waals surface area contributed by atoms with Gasteiger partial charge in [0.2, 0.25) is 0 Å². The highest BCUT2D eigenvalue weighted by atomic mass is 16.5. The second kappa shape index (κ2) is 4.86. The fourth-order valence-electron chi connectivity index (χ4n) is 1.25. The maximum absolute atomic E-state index is 9.51. The normalized spacial score (nSPS) is 10.2. The van der Waals surface area contributed by atoms with Crippen LogP contribution >= 0.6 is 0 Å². The molecule has 14 heavy (non-hydrogen) atoms. The minimum absolute atomic E-state index is 0.135. The van der Waals surface area contributed by atoms with E-state index in [-0.39, 0.29) is 6.61 Å². The van der Waals surface area contributed by atoms with Gasteiger partial charge in [0, 0.05) is 13.0 Å². The van der Waals surface area contributed by atoms with Gasteiger partial charge >= 0.3 is 0 Å². The average molecular weight is 196 g/mol. The first kappa shape index (κ1) is 10.9. The summed E-state index contributed by atoms with van der Waals surface area (Å²) in [5, 5.41) is 18.1. The van der Waals surface area contributed by atoms with Gasteiger partial charge in [0.1, 0.15) is 11.5 Å². The Balaban J connectivity index is 2.69. The van der Waals surface area contributed by atoms with E-state index in [4.69, 9.17) is 9.84 Å². The lowest BCUT2D eigenvalue weighted by Gasteiger charge is -2.09. The molecule has 0 atom stereocenters. The van der Waals surface area contributed by atoms with Crippen molar-refractivity contribution in [3.8, 4) is 11.5 Å². The molecule has 0 aliphatic carbocycles. The van der Waals surface area contributed by atoms with Gasteiger partial charge in [-0.2, -0.15) is 0 Å². The molecule has 2 N–H and O–H groups in total. The molecule has 0 aliphatic rings. The second-order valence-corrected chi connectivity index (χ2v) is 3.33. The van der Waals surface area contributed by atoms with Crippen LogP contribution in [0.15, 0.2) is 12.1 Å². The highest BCUT2D eigenvalue weighted by molar-refractivity contribution is 5.44. The molecule has 0 fully saturated rings. The van der Waals surface area contributed by atoms with Gasteiger partial charge in [0.15, 0.2) is 0 Å². The summed E-state index contributed by atoms with van der Waals surface area (Å²) in [6, 6.07) is 3.58. The SMILES string of the molecule is Cc1cc(OCCCO)cc(C)c1O. The number of aliphatic hydroxyl groups is 1. The van der Waals surface area contributed by atoms with Gasteiger partial charge in [0.05, 0.1) is 6.61 Å². The molecule has 3 heteroatoms. The van der Waals surface area contributed by atoms with Crippen LogP contribution in [0.2, 0.25) is 0 Å². The van der Waals surface area contributed by atoms with E-state index < -0.39 is 0 Å². The molecule has 0 saturated carbocycles. The molecule has 0 spiro atoms. The Hall–Kier alpha value is -1.22. The number of benzene rings is 1. The molecule has 0 radical (unpaired) electrons. The van der Waals surface area contributed by atoms with E-state index in [0.717, 1.165) is 16.9 Å². The minimum atomic E-state index is 0.135. The summed E-state index contributed by atoms with van der Waals surface area (Å²) in [5.41, 5.74) is 1.62. The summed E-state index contributed by atoms with van der Waals surface area (Å²) in [6.45, 7) is 4.30. The van der Waals surface area contributed by atoms with E-state index in [0.29, 0.717) is 18.8 Å². The third-order valence-corrected chi connectivity index (χ3v) is 2.04. The lowest BCUT2D eigenvalue weighted by Crippen LogP contribution is -2.00. The summed E-state index contributed by atoms with van der Waals surface area (Å²) >= 11 is 0. The van der Waals surface area contributed by atoms with Gasteiger partial charge in [0.25, 0.3) is 0 Å². The summed E-state index contributed by atoms with van der Waals surface area (Å²) in [5.74, 6) is 1.06. The van der Waals surface area contributed by atoms with Crippen LogP contribution in [0.25, 0.3) is 0 Å². The van der Waals surface area contributed by atoms with E-state index in [1.807, 2.05) is 13.8 Å². The zero-order valence-electron chi connectivity index (χ0n) is 8.58. The Morgan fingerprint density at radius 3 is 2.29 bits per heavy atom. The maximum Gasteiger partial charge on any atom is 0.121 e. The van der Waals surface area contributed by atoms with E-state index in [1.54, 1.807) is 12.1 Å². The molecule has 1 aromatic carbocycles. The number of ether oxygens (including phenoxy) is 1. The van der Waals surface area contributed by atoms with E-state index >= 15 is 0 Å². The number of aryl methyl sites for hydroxylation is 2. The largest absolute Gasteiger partial charge is 0.507 e. The molecule has 0 aliphatic heterocycles. The number of aliphatic hydroxyl groups excluding tert-OH is 1. The van der Waals surface area contributed by atoms with Crippen molar-refractivity contribution in [2.24, 2.45) is 0 Å². The Kier molecular flexibility index (Phi) is 3.77. The number of hydrogen-bond donors (Lipinski definition) is 2. The van der Waals surface area contributed by atoms with Gasteiger partial charge in [-0.15, -0.1) is 0 Å². The highest BCUT2D eigenvalue weighted by Crippen LogP contribution is 2.26. The van der Waals surface area contributed by atoms with Crippen molar-refractivity contribution >= 4 is 0 Å². The first-order valence-electron chi connectivity index (χ1n) is 4.69. The van der Waals surface area contributed by atoms with Crippen LogP contribution in [-0.4, -0.2) is 23.4 Å². The van der Waals surface area contributed by atoms with Crippen molar-refractivity contribution in [2.45, 2.75) is 20.3 Å². The third-order valence-electron chi connectivity index (χ3n) is 2.04. The van der Waals surface area contributed by atoms with Crippen molar-refractivity contribution in [1.29, 1.82) is 0 Å². The molecule has 0 bridgehead atoms. The zero-order chi connectivity index (χ0) is 10.6. The van der Waals surface area contributed by atoms with Crippen LogP contribution in [0.5, 0.6) is 11.5 Å². The predicted molar refractivity (Wildman–Crippen MR) is 54.8 cm³/mol. The zero-order valence-corrected chi connectivity index (χ0v) is 8.58. The highest BCUT2D eigenvalue weighted by Gasteiger charge is 2.03. The van der Waals surface area contributed by atoms with Gasteiger partial charge in [-0.1, -0.05) is 0 Å². The second-order valence-electron chi connectivity index (χ2n) is 3.33. The summed E-state index contributed by atoms with van der Waals surface area (Å²) < 4.78 is 5.39. The number of rotatable bonds is 4. The molecule has 1 rings (SSSR count). The summed E-state index contributed by atoms with van der Waals surface area (Å²) in [7, 11) is 0. The molecule has 0 aromatic heterocycles. The molecule has 1 aromatic rings. The first-order valence-corrected chi connectivity index (χ1v) is 4.69. The van der Waals surface area contributed by atoms with Crippen molar-refractivity contribution in [3.05, 3.63) is 23.3 Å². The van der Waals surface area contributed by atoms with Gasteiger partial charge in [-0.05, 0) is 37.1 Å². The van der Waals surface area contributed by atoms with Crippen LogP contribution in [0.4, 0.5) is 0 Å². The number of phenolic OH excluding ortho intramolecular Hbond substituents is 1. The Labute approximate surface area is 84.0 Å². The fourth-order valence-corrected chi connectivity index (χ4v) is 1.25. The topological polar surface area (TPSA) is 49.7 Å². The fraction of sp³-hybridized carbons (Fsp3) is 0.455.